The van der Waals surface area contributed by atoms with Gasteiger partial charge in [0.25, 0.3) is 0 Å². The predicted octanol–water partition coefficient (Wildman–Crippen LogP) is 1.48. The third-order valence-corrected chi connectivity index (χ3v) is 3.30. The fourth-order valence-electron chi connectivity index (χ4n) is 2.46. The Morgan fingerprint density at radius 2 is 2.00 bits per heavy atom. The van der Waals surface area contributed by atoms with E-state index < -0.39 is 11.2 Å². The first kappa shape index (κ1) is 10.9. The molecular formula is C11H18O4. The second kappa shape index (κ2) is 3.76. The van der Waals surface area contributed by atoms with Gasteiger partial charge in [0.15, 0.2) is 5.79 Å². The third kappa shape index (κ3) is 1.88. The molecule has 1 unspecified atom stereocenters. The van der Waals surface area contributed by atoms with E-state index in [9.17, 15) is 4.79 Å². The Morgan fingerprint density at radius 3 is 2.60 bits per heavy atom. The fraction of sp³-hybridized carbons (Fsp3) is 0.909. The van der Waals surface area contributed by atoms with Crippen LogP contribution in [-0.4, -0.2) is 31.6 Å². The highest BCUT2D eigenvalue weighted by molar-refractivity contribution is 5.77. The van der Waals surface area contributed by atoms with Crippen molar-refractivity contribution in [1.29, 1.82) is 0 Å². The molecule has 1 saturated carbocycles. The summed E-state index contributed by atoms with van der Waals surface area (Å²) in [5, 5.41) is 0. The minimum atomic E-state index is -0.499. The molecule has 15 heavy (non-hydrogen) atoms. The third-order valence-electron chi connectivity index (χ3n) is 3.30. The van der Waals surface area contributed by atoms with E-state index in [-0.39, 0.29) is 5.97 Å². The molecule has 4 heteroatoms. The smallest absolute Gasteiger partial charge is 0.311 e. The van der Waals surface area contributed by atoms with Crippen molar-refractivity contribution < 1.29 is 19.0 Å². The average Bonchev–Trinajstić information content (AvgIpc) is 2.77. The number of hydrogen-bond donors (Lipinski definition) is 0. The van der Waals surface area contributed by atoms with E-state index in [0.29, 0.717) is 26.2 Å². The Bertz CT molecular complexity index is 257. The number of carbonyl (C=O) groups is 1. The number of hydrogen-bond acceptors (Lipinski definition) is 4. The van der Waals surface area contributed by atoms with Gasteiger partial charge in [-0.2, -0.15) is 0 Å². The molecule has 1 spiro atoms. The van der Waals surface area contributed by atoms with E-state index in [1.165, 1.54) is 0 Å². The molecule has 0 bridgehead atoms. The molecule has 0 N–H and O–H groups in total. The summed E-state index contributed by atoms with van der Waals surface area (Å²) < 4.78 is 16.3. The van der Waals surface area contributed by atoms with E-state index in [1.54, 1.807) is 0 Å². The average molecular weight is 214 g/mol. The molecule has 2 aliphatic rings. The first-order valence-corrected chi connectivity index (χ1v) is 5.55. The molecule has 86 valence electrons. The summed E-state index contributed by atoms with van der Waals surface area (Å²) in [6, 6.07) is 0. The van der Waals surface area contributed by atoms with Crippen molar-refractivity contribution in [2.45, 2.75) is 38.9 Å². The van der Waals surface area contributed by atoms with E-state index in [2.05, 4.69) is 0 Å². The fourth-order valence-corrected chi connectivity index (χ4v) is 2.46. The zero-order valence-electron chi connectivity index (χ0n) is 9.38. The highest BCUT2D eigenvalue weighted by Crippen LogP contribution is 2.48. The van der Waals surface area contributed by atoms with Gasteiger partial charge in [0.05, 0.1) is 25.2 Å². The zero-order valence-corrected chi connectivity index (χ0v) is 9.38. The molecule has 1 aliphatic heterocycles. The normalized spacial score (nSPS) is 33.5. The number of carbonyl (C=O) groups excluding carboxylic acids is 1. The molecule has 2 fully saturated rings. The molecule has 1 heterocycles. The number of rotatable bonds is 2. The van der Waals surface area contributed by atoms with Gasteiger partial charge in [-0.15, -0.1) is 0 Å². The lowest BCUT2D eigenvalue weighted by molar-refractivity contribution is -0.169. The predicted molar refractivity (Wildman–Crippen MR) is 53.2 cm³/mol. The highest BCUT2D eigenvalue weighted by Gasteiger charge is 2.53. The maximum Gasteiger partial charge on any atom is 0.311 e. The number of esters is 1. The number of ether oxygens (including phenoxy) is 3. The lowest BCUT2D eigenvalue weighted by Gasteiger charge is -2.25. The van der Waals surface area contributed by atoms with Gasteiger partial charge in [0, 0.05) is 12.8 Å². The van der Waals surface area contributed by atoms with Crippen molar-refractivity contribution >= 4 is 5.97 Å². The van der Waals surface area contributed by atoms with Crippen LogP contribution in [0.25, 0.3) is 0 Å². The lowest BCUT2D eigenvalue weighted by Crippen LogP contribution is -2.33. The monoisotopic (exact) mass is 214 g/mol. The SMILES string of the molecule is CCOC(=O)C1(C)CCC2(C1)OCCO2. The van der Waals surface area contributed by atoms with Crippen LogP contribution >= 0.6 is 0 Å². The Morgan fingerprint density at radius 1 is 1.33 bits per heavy atom. The lowest BCUT2D eigenvalue weighted by atomic mass is 9.88. The second-order valence-electron chi connectivity index (χ2n) is 4.57. The van der Waals surface area contributed by atoms with Gasteiger partial charge in [0.2, 0.25) is 0 Å². The minimum absolute atomic E-state index is 0.124. The van der Waals surface area contributed by atoms with Crippen LogP contribution in [0.2, 0.25) is 0 Å². The summed E-state index contributed by atoms with van der Waals surface area (Å²) in [5.41, 5.74) is -0.430. The molecule has 4 nitrogen and oxygen atoms in total. The van der Waals surface area contributed by atoms with Crippen LogP contribution in [-0.2, 0) is 19.0 Å². The summed E-state index contributed by atoms with van der Waals surface area (Å²) in [6.45, 7) is 5.47. The van der Waals surface area contributed by atoms with Crippen LogP contribution < -0.4 is 0 Å². The van der Waals surface area contributed by atoms with Crippen molar-refractivity contribution in [3.63, 3.8) is 0 Å². The van der Waals surface area contributed by atoms with E-state index >= 15 is 0 Å². The molecule has 0 aromatic heterocycles. The Hall–Kier alpha value is -0.610. The molecular weight excluding hydrogens is 196 g/mol. The molecule has 1 atom stereocenters. The van der Waals surface area contributed by atoms with Crippen molar-refractivity contribution in [3.05, 3.63) is 0 Å². The van der Waals surface area contributed by atoms with Crippen LogP contribution in [0.4, 0.5) is 0 Å². The zero-order chi connectivity index (χ0) is 10.9. The van der Waals surface area contributed by atoms with E-state index in [4.69, 9.17) is 14.2 Å². The van der Waals surface area contributed by atoms with Gasteiger partial charge in [0.1, 0.15) is 0 Å². The molecule has 1 saturated heterocycles. The van der Waals surface area contributed by atoms with Gasteiger partial charge < -0.3 is 14.2 Å². The Labute approximate surface area is 89.9 Å². The van der Waals surface area contributed by atoms with E-state index in [1.807, 2.05) is 13.8 Å². The Kier molecular flexibility index (Phi) is 2.73. The summed E-state index contributed by atoms with van der Waals surface area (Å²) in [7, 11) is 0. The first-order chi connectivity index (χ1) is 7.10. The summed E-state index contributed by atoms with van der Waals surface area (Å²) in [5.74, 6) is -0.623. The van der Waals surface area contributed by atoms with Crippen LogP contribution in [0.3, 0.4) is 0 Å². The van der Waals surface area contributed by atoms with Crippen LogP contribution in [0.1, 0.15) is 33.1 Å². The largest absolute Gasteiger partial charge is 0.466 e. The topological polar surface area (TPSA) is 44.8 Å². The summed E-state index contributed by atoms with van der Waals surface area (Å²) >= 11 is 0. The van der Waals surface area contributed by atoms with Crippen LogP contribution in [0, 0.1) is 5.41 Å². The standard InChI is InChI=1S/C11H18O4/c1-3-13-9(12)10(2)4-5-11(8-10)14-6-7-15-11/h3-8H2,1-2H3. The van der Waals surface area contributed by atoms with Crippen LogP contribution in [0.15, 0.2) is 0 Å². The van der Waals surface area contributed by atoms with Crippen molar-refractivity contribution in [3.8, 4) is 0 Å². The Balaban J connectivity index is 2.03. The molecule has 0 aromatic rings. The van der Waals surface area contributed by atoms with Gasteiger partial charge >= 0.3 is 5.97 Å². The molecule has 1 aliphatic carbocycles. The van der Waals surface area contributed by atoms with Crippen LogP contribution in [0.5, 0.6) is 0 Å². The summed E-state index contributed by atoms with van der Waals surface area (Å²) in [4.78, 5) is 11.8. The van der Waals surface area contributed by atoms with Gasteiger partial charge in [-0.05, 0) is 20.3 Å². The molecule has 2 rings (SSSR count). The van der Waals surface area contributed by atoms with Crippen molar-refractivity contribution in [1.82, 2.24) is 0 Å². The molecule has 0 radical (unpaired) electrons. The first-order valence-electron chi connectivity index (χ1n) is 5.55. The minimum Gasteiger partial charge on any atom is -0.466 e. The summed E-state index contributed by atoms with van der Waals surface area (Å²) in [6.07, 6.45) is 2.20. The molecule has 0 amide bonds. The second-order valence-corrected chi connectivity index (χ2v) is 4.57. The van der Waals surface area contributed by atoms with Gasteiger partial charge in [-0.25, -0.2) is 0 Å². The highest BCUT2D eigenvalue weighted by atomic mass is 16.7. The van der Waals surface area contributed by atoms with Crippen molar-refractivity contribution in [2.75, 3.05) is 19.8 Å². The van der Waals surface area contributed by atoms with E-state index in [0.717, 1.165) is 12.8 Å². The maximum absolute atomic E-state index is 11.8. The van der Waals surface area contributed by atoms with Gasteiger partial charge in [-0.1, -0.05) is 0 Å². The molecule has 0 aromatic carbocycles. The maximum atomic E-state index is 11.8. The quantitative estimate of drug-likeness (QED) is 0.653. The van der Waals surface area contributed by atoms with Crippen molar-refractivity contribution in [2.24, 2.45) is 5.41 Å². The van der Waals surface area contributed by atoms with Gasteiger partial charge in [-0.3, -0.25) is 4.79 Å².